The van der Waals surface area contributed by atoms with Gasteiger partial charge in [0.1, 0.15) is 23.0 Å². The second kappa shape index (κ2) is 9.32. The summed E-state index contributed by atoms with van der Waals surface area (Å²) in [5.41, 5.74) is 0.468. The van der Waals surface area contributed by atoms with E-state index in [0.717, 1.165) is 12.3 Å². The number of nitrogens with one attached hydrogen (secondary N) is 1. The van der Waals surface area contributed by atoms with Gasteiger partial charge in [-0.2, -0.15) is 0 Å². The van der Waals surface area contributed by atoms with E-state index in [1.807, 2.05) is 0 Å². The van der Waals surface area contributed by atoms with Crippen molar-refractivity contribution in [2.24, 2.45) is 0 Å². The van der Waals surface area contributed by atoms with Gasteiger partial charge in [0.15, 0.2) is 6.10 Å². The number of anilines is 1. The quantitative estimate of drug-likeness (QED) is 0.380. The second-order valence-electron chi connectivity index (χ2n) is 7.25. The van der Waals surface area contributed by atoms with Gasteiger partial charge in [-0.3, -0.25) is 4.79 Å². The van der Waals surface area contributed by atoms with E-state index in [4.69, 9.17) is 25.9 Å². The first-order chi connectivity index (χ1) is 16.2. The molecular weight excluding hydrogens is 467 g/mol. The van der Waals surface area contributed by atoms with E-state index in [0.29, 0.717) is 16.5 Å². The number of halogens is 2. The Labute approximate surface area is 196 Å². The van der Waals surface area contributed by atoms with Crippen molar-refractivity contribution in [3.63, 3.8) is 0 Å². The first kappa shape index (κ1) is 22.9. The van der Waals surface area contributed by atoms with Crippen LogP contribution in [0.1, 0.15) is 17.3 Å². The number of pyridine rings is 1. The summed E-state index contributed by atoms with van der Waals surface area (Å²) in [7, 11) is 0. The molecule has 0 fully saturated rings. The summed E-state index contributed by atoms with van der Waals surface area (Å²) in [5, 5.41) is 12.1. The van der Waals surface area contributed by atoms with Crippen LogP contribution in [-0.4, -0.2) is 28.1 Å². The van der Waals surface area contributed by atoms with Crippen LogP contribution in [0.4, 0.5) is 10.2 Å². The van der Waals surface area contributed by atoms with Crippen LogP contribution in [0.15, 0.2) is 70.0 Å². The molecule has 0 spiro atoms. The highest BCUT2D eigenvalue weighted by Gasteiger charge is 2.18. The van der Waals surface area contributed by atoms with Gasteiger partial charge in [-0.1, -0.05) is 11.6 Å². The number of carbonyl (C=O) groups is 2. The maximum Gasteiger partial charge on any atom is 0.337 e. The minimum atomic E-state index is -1.13. The lowest BCUT2D eigenvalue weighted by molar-refractivity contribution is -0.122. The second-order valence-corrected chi connectivity index (χ2v) is 7.66. The summed E-state index contributed by atoms with van der Waals surface area (Å²) in [5.74, 6) is -1.73. The van der Waals surface area contributed by atoms with Crippen LogP contribution in [0.3, 0.4) is 0 Å². The number of hydrogen-bond donors (Lipinski definition) is 2. The van der Waals surface area contributed by atoms with Crippen LogP contribution in [0.25, 0.3) is 22.1 Å². The summed E-state index contributed by atoms with van der Waals surface area (Å²) >= 11 is 6.17. The van der Waals surface area contributed by atoms with Gasteiger partial charge in [0, 0.05) is 34.8 Å². The van der Waals surface area contributed by atoms with Crippen molar-refractivity contribution in [1.82, 2.24) is 4.98 Å². The zero-order valence-electron chi connectivity index (χ0n) is 17.5. The molecule has 1 amide bonds. The third kappa shape index (κ3) is 4.89. The molecule has 2 N–H and O–H groups in total. The highest BCUT2D eigenvalue weighted by atomic mass is 35.5. The molecule has 2 heterocycles. The van der Waals surface area contributed by atoms with Gasteiger partial charge in [-0.25, -0.2) is 19.0 Å². The van der Waals surface area contributed by atoms with Crippen LogP contribution in [-0.2, 0) is 4.79 Å². The largest absolute Gasteiger partial charge is 0.481 e. The molecule has 1 atom stereocenters. The number of nitrogens with zero attached hydrogens (tertiary/aromatic N) is 1. The molecule has 10 heteroatoms. The van der Waals surface area contributed by atoms with Crippen molar-refractivity contribution in [2.75, 3.05) is 5.32 Å². The number of carboxylic acids is 1. The number of aromatic carboxylic acids is 1. The average Bonchev–Trinajstić information content (AvgIpc) is 2.78. The topological polar surface area (TPSA) is 119 Å². The molecule has 172 valence electrons. The van der Waals surface area contributed by atoms with Crippen LogP contribution in [0.5, 0.6) is 5.75 Å². The van der Waals surface area contributed by atoms with Crippen molar-refractivity contribution < 1.29 is 28.2 Å². The van der Waals surface area contributed by atoms with Crippen LogP contribution in [0, 0.1) is 5.82 Å². The highest BCUT2D eigenvalue weighted by molar-refractivity contribution is 6.33. The fraction of sp³-hybridized carbons (Fsp3) is 0.0833. The Morgan fingerprint density at radius 2 is 1.91 bits per heavy atom. The summed E-state index contributed by atoms with van der Waals surface area (Å²) in [6.45, 7) is 1.51. The number of amides is 1. The van der Waals surface area contributed by atoms with Crippen LogP contribution < -0.4 is 15.7 Å². The molecule has 2 aromatic carbocycles. The maximum atomic E-state index is 13.4. The molecule has 0 aliphatic rings. The Kier molecular flexibility index (Phi) is 6.29. The fourth-order valence-electron chi connectivity index (χ4n) is 3.23. The predicted octanol–water partition coefficient (Wildman–Crippen LogP) is 4.75. The number of rotatable bonds is 6. The Balaban J connectivity index is 1.56. The van der Waals surface area contributed by atoms with Crippen molar-refractivity contribution in [3.8, 4) is 16.9 Å². The standard InChI is InChI=1S/C24H16ClFN2O6/c1-12(23(30)28-21-7-2-13(11-27-21)24(31)32)33-15-4-6-17-18(10-22(29)34-20(17)9-15)16-5-3-14(26)8-19(16)25/h2-12H,1H3,(H,31,32)(H,27,28,30). The number of aromatic nitrogens is 1. The monoisotopic (exact) mass is 482 g/mol. The molecule has 0 aliphatic carbocycles. The zero-order valence-corrected chi connectivity index (χ0v) is 18.3. The van der Waals surface area contributed by atoms with E-state index in [1.165, 1.54) is 43.3 Å². The summed E-state index contributed by atoms with van der Waals surface area (Å²) in [4.78, 5) is 39.4. The molecule has 1 unspecified atom stereocenters. The zero-order chi connectivity index (χ0) is 24.4. The van der Waals surface area contributed by atoms with E-state index < -0.39 is 29.4 Å². The van der Waals surface area contributed by atoms with Gasteiger partial charge in [-0.15, -0.1) is 0 Å². The summed E-state index contributed by atoms with van der Waals surface area (Å²) in [6.07, 6.45) is 0.166. The number of hydrogen-bond acceptors (Lipinski definition) is 6. The number of ether oxygens (including phenoxy) is 1. The van der Waals surface area contributed by atoms with Crippen molar-refractivity contribution in [2.45, 2.75) is 13.0 Å². The van der Waals surface area contributed by atoms with Gasteiger partial charge >= 0.3 is 11.6 Å². The number of carbonyl (C=O) groups excluding carboxylic acids is 1. The third-order valence-electron chi connectivity index (χ3n) is 4.88. The van der Waals surface area contributed by atoms with Gasteiger partial charge in [0.2, 0.25) is 0 Å². The Morgan fingerprint density at radius 3 is 2.59 bits per heavy atom. The van der Waals surface area contributed by atoms with E-state index in [-0.39, 0.29) is 27.7 Å². The SMILES string of the molecule is CC(Oc1ccc2c(-c3ccc(F)cc3Cl)cc(=O)oc2c1)C(=O)Nc1ccc(C(=O)O)cn1. The summed E-state index contributed by atoms with van der Waals surface area (Å²) < 4.78 is 24.4. The molecule has 4 rings (SSSR count). The highest BCUT2D eigenvalue weighted by Crippen LogP contribution is 2.34. The van der Waals surface area contributed by atoms with E-state index in [9.17, 15) is 18.8 Å². The van der Waals surface area contributed by atoms with Crippen LogP contribution >= 0.6 is 11.6 Å². The lowest BCUT2D eigenvalue weighted by Crippen LogP contribution is -2.30. The Bertz CT molecular complexity index is 1470. The van der Waals surface area contributed by atoms with Crippen LogP contribution in [0.2, 0.25) is 5.02 Å². The van der Waals surface area contributed by atoms with Crippen molar-refractivity contribution >= 4 is 40.3 Å². The molecule has 0 saturated heterocycles. The first-order valence-electron chi connectivity index (χ1n) is 9.91. The van der Waals surface area contributed by atoms with Gasteiger partial charge < -0.3 is 19.6 Å². The molecule has 4 aromatic rings. The molecule has 0 aliphatic heterocycles. The Hall–Kier alpha value is -4.24. The van der Waals surface area contributed by atoms with E-state index in [1.54, 1.807) is 12.1 Å². The molecule has 0 radical (unpaired) electrons. The van der Waals surface area contributed by atoms with Gasteiger partial charge in [0.25, 0.3) is 5.91 Å². The normalized spacial score (nSPS) is 11.7. The maximum absolute atomic E-state index is 13.4. The van der Waals surface area contributed by atoms with Gasteiger partial charge in [0.05, 0.1) is 10.6 Å². The van der Waals surface area contributed by atoms with Crippen molar-refractivity contribution in [3.05, 3.63) is 87.6 Å². The minimum absolute atomic E-state index is 0.0127. The fourth-order valence-corrected chi connectivity index (χ4v) is 3.50. The Morgan fingerprint density at radius 1 is 1.12 bits per heavy atom. The number of fused-ring (bicyclic) bond motifs is 1. The molecular formula is C24H16ClFN2O6. The average molecular weight is 483 g/mol. The van der Waals surface area contributed by atoms with E-state index in [2.05, 4.69) is 10.3 Å². The summed E-state index contributed by atoms with van der Waals surface area (Å²) in [6, 6.07) is 12.5. The molecule has 8 nitrogen and oxygen atoms in total. The smallest absolute Gasteiger partial charge is 0.337 e. The number of carboxylic acid groups (broad SMARTS) is 1. The molecule has 0 bridgehead atoms. The lowest BCUT2D eigenvalue weighted by atomic mass is 10.0. The van der Waals surface area contributed by atoms with Gasteiger partial charge in [-0.05, 0) is 49.4 Å². The third-order valence-corrected chi connectivity index (χ3v) is 5.19. The number of benzene rings is 2. The molecule has 2 aromatic heterocycles. The minimum Gasteiger partial charge on any atom is -0.481 e. The van der Waals surface area contributed by atoms with Crippen molar-refractivity contribution in [1.29, 1.82) is 0 Å². The first-order valence-corrected chi connectivity index (χ1v) is 10.3. The molecule has 34 heavy (non-hydrogen) atoms. The lowest BCUT2D eigenvalue weighted by Gasteiger charge is -2.15. The molecule has 0 saturated carbocycles. The predicted molar refractivity (Wildman–Crippen MR) is 123 cm³/mol. The van der Waals surface area contributed by atoms with E-state index >= 15 is 0 Å².